The summed E-state index contributed by atoms with van der Waals surface area (Å²) < 4.78 is 15.4. The monoisotopic (exact) mass is 467 g/mol. The number of rotatable bonds is 8. The Morgan fingerprint density at radius 3 is 2.71 bits per heavy atom. The van der Waals surface area contributed by atoms with E-state index in [1.54, 1.807) is 12.3 Å². The van der Waals surface area contributed by atoms with Crippen LogP contribution in [0.2, 0.25) is 0 Å². The molecule has 2 aromatic heterocycles. The molecule has 2 heterocycles. The van der Waals surface area contributed by atoms with E-state index in [9.17, 15) is 4.39 Å². The first kappa shape index (κ1) is 22.0. The zero-order valence-corrected chi connectivity index (χ0v) is 18.7. The molecule has 0 aliphatic carbocycles. The molecule has 0 aliphatic heterocycles. The largest absolute Gasteiger partial charge is 0.391 e. The molecular formula is C26H22FN7O. The number of nitrogens with zero attached hydrogens (tertiary/aromatic N) is 5. The van der Waals surface area contributed by atoms with E-state index in [1.807, 2.05) is 59.3 Å². The van der Waals surface area contributed by atoms with E-state index >= 15 is 0 Å². The summed E-state index contributed by atoms with van der Waals surface area (Å²) in [5.41, 5.74) is 10.2. The molecule has 174 valence electrons. The van der Waals surface area contributed by atoms with Gasteiger partial charge in [-0.05, 0) is 41.5 Å². The third-order valence-electron chi connectivity index (χ3n) is 5.37. The number of aromatic nitrogens is 4. The maximum atomic E-state index is 13.5. The van der Waals surface area contributed by atoms with Crippen molar-refractivity contribution < 1.29 is 9.23 Å². The molecule has 5 rings (SSSR count). The van der Waals surface area contributed by atoms with E-state index in [2.05, 4.69) is 25.5 Å². The van der Waals surface area contributed by atoms with Crippen LogP contribution < -0.4 is 11.1 Å². The summed E-state index contributed by atoms with van der Waals surface area (Å²) in [4.78, 5) is 13.8. The molecule has 0 bridgehead atoms. The molecule has 8 nitrogen and oxygen atoms in total. The minimum atomic E-state index is -0.264. The Hall–Kier alpha value is -4.79. The fourth-order valence-electron chi connectivity index (χ4n) is 3.65. The zero-order valence-electron chi connectivity index (χ0n) is 18.7. The van der Waals surface area contributed by atoms with Crippen LogP contribution >= 0.6 is 0 Å². The molecule has 9 heteroatoms. The highest BCUT2D eigenvalue weighted by molar-refractivity contribution is 5.93. The summed E-state index contributed by atoms with van der Waals surface area (Å²) in [5, 5.41) is 12.7. The lowest BCUT2D eigenvalue weighted by atomic mass is 10.2. The van der Waals surface area contributed by atoms with Crippen molar-refractivity contribution in [1.29, 1.82) is 0 Å². The van der Waals surface area contributed by atoms with Gasteiger partial charge in [0.1, 0.15) is 30.4 Å². The van der Waals surface area contributed by atoms with Crippen molar-refractivity contribution >= 4 is 34.4 Å². The molecule has 35 heavy (non-hydrogen) atoms. The third-order valence-corrected chi connectivity index (χ3v) is 5.37. The second-order valence-corrected chi connectivity index (χ2v) is 7.85. The molecule has 0 fully saturated rings. The Morgan fingerprint density at radius 1 is 1.00 bits per heavy atom. The lowest BCUT2D eigenvalue weighted by Crippen LogP contribution is -2.05. The van der Waals surface area contributed by atoms with Gasteiger partial charge in [-0.3, -0.25) is 4.68 Å². The lowest BCUT2D eigenvalue weighted by molar-refractivity contribution is 0.132. The normalized spacial score (nSPS) is 11.2. The topological polar surface area (TPSA) is 103 Å². The molecule has 0 spiro atoms. The van der Waals surface area contributed by atoms with Gasteiger partial charge in [-0.15, -0.1) is 0 Å². The van der Waals surface area contributed by atoms with Gasteiger partial charge in [0.2, 0.25) is 0 Å². The maximum Gasteiger partial charge on any atom is 0.144 e. The third kappa shape index (κ3) is 5.25. The Balaban J connectivity index is 1.32. The summed E-state index contributed by atoms with van der Waals surface area (Å²) in [6.07, 6.45) is 4.65. The maximum absolute atomic E-state index is 13.5. The van der Waals surface area contributed by atoms with Gasteiger partial charge < -0.3 is 15.9 Å². The SMILES string of the molecule is Nc1ncnc(Nc2ccc3c(cnn3Cc3cccc(F)c3)c2)c1/C=N/OCc1ccccc1. The second kappa shape index (κ2) is 10.0. The summed E-state index contributed by atoms with van der Waals surface area (Å²) in [6.45, 7) is 0.810. The molecule has 3 N–H and O–H groups in total. The van der Waals surface area contributed by atoms with E-state index in [0.717, 1.165) is 27.7 Å². The average Bonchev–Trinajstić information content (AvgIpc) is 3.25. The molecular weight excluding hydrogens is 445 g/mol. The van der Waals surface area contributed by atoms with E-state index in [1.165, 1.54) is 24.7 Å². The summed E-state index contributed by atoms with van der Waals surface area (Å²) >= 11 is 0. The zero-order chi connectivity index (χ0) is 24.0. The van der Waals surface area contributed by atoms with Gasteiger partial charge in [-0.2, -0.15) is 5.10 Å². The molecule has 5 aromatic rings. The van der Waals surface area contributed by atoms with E-state index in [4.69, 9.17) is 10.6 Å². The van der Waals surface area contributed by atoms with Crippen molar-refractivity contribution in [3.8, 4) is 0 Å². The van der Waals surface area contributed by atoms with Crippen LogP contribution in [-0.2, 0) is 18.0 Å². The average molecular weight is 468 g/mol. The van der Waals surface area contributed by atoms with Gasteiger partial charge in [0.05, 0.1) is 30.0 Å². The highest BCUT2D eigenvalue weighted by Crippen LogP contribution is 2.24. The van der Waals surface area contributed by atoms with Crippen molar-refractivity contribution in [3.05, 3.63) is 108 Å². The van der Waals surface area contributed by atoms with Gasteiger partial charge in [0.15, 0.2) is 0 Å². The van der Waals surface area contributed by atoms with Gasteiger partial charge in [0, 0.05) is 11.1 Å². The molecule has 0 atom stereocenters. The van der Waals surface area contributed by atoms with E-state index in [0.29, 0.717) is 24.5 Å². The van der Waals surface area contributed by atoms with Gasteiger partial charge in [0.25, 0.3) is 0 Å². The molecule has 0 aliphatic rings. The highest BCUT2D eigenvalue weighted by Gasteiger charge is 2.10. The van der Waals surface area contributed by atoms with Gasteiger partial charge in [-0.1, -0.05) is 47.6 Å². The minimum Gasteiger partial charge on any atom is -0.391 e. The smallest absolute Gasteiger partial charge is 0.144 e. The van der Waals surface area contributed by atoms with Crippen molar-refractivity contribution in [3.63, 3.8) is 0 Å². The molecule has 0 unspecified atom stereocenters. The second-order valence-electron chi connectivity index (χ2n) is 7.85. The van der Waals surface area contributed by atoms with Crippen LogP contribution in [0.5, 0.6) is 0 Å². The quantitative estimate of drug-likeness (QED) is 0.249. The van der Waals surface area contributed by atoms with E-state index < -0.39 is 0 Å². The van der Waals surface area contributed by atoms with Crippen molar-refractivity contribution in [2.75, 3.05) is 11.1 Å². The Labute approximate surface area is 200 Å². The molecule has 3 aromatic carbocycles. The van der Waals surface area contributed by atoms with Crippen LogP contribution in [0.25, 0.3) is 10.9 Å². The number of nitrogens with one attached hydrogen (secondary N) is 1. The van der Waals surface area contributed by atoms with Crippen LogP contribution in [0.1, 0.15) is 16.7 Å². The number of halogens is 1. The number of nitrogen functional groups attached to an aromatic ring is 1. The first-order valence-corrected chi connectivity index (χ1v) is 10.9. The first-order chi connectivity index (χ1) is 17.2. The number of nitrogens with two attached hydrogens (primary N) is 1. The first-order valence-electron chi connectivity index (χ1n) is 10.9. The van der Waals surface area contributed by atoms with Crippen LogP contribution in [0.15, 0.2) is 90.5 Å². The number of hydrogen-bond donors (Lipinski definition) is 2. The van der Waals surface area contributed by atoms with E-state index in [-0.39, 0.29) is 11.6 Å². The van der Waals surface area contributed by atoms with Crippen LogP contribution in [-0.4, -0.2) is 26.0 Å². The molecule has 0 amide bonds. The standard InChI is InChI=1S/C26H22FN7O/c27-21-8-4-7-19(11-21)15-34-24-10-9-22(12-20(24)13-31-34)33-26-23(25(28)29-17-30-26)14-32-35-16-18-5-2-1-3-6-18/h1-14,17H,15-16H2,(H3,28,29,30,33)/b32-14+. The summed E-state index contributed by atoms with van der Waals surface area (Å²) in [5.74, 6) is 0.508. The Kier molecular flexibility index (Phi) is 6.29. The van der Waals surface area contributed by atoms with Crippen LogP contribution in [0.4, 0.5) is 21.7 Å². The highest BCUT2D eigenvalue weighted by atomic mass is 19.1. The van der Waals surface area contributed by atoms with Crippen molar-refractivity contribution in [2.24, 2.45) is 5.16 Å². The summed E-state index contributed by atoms with van der Waals surface area (Å²) in [6, 6.07) is 22.1. The number of fused-ring (bicyclic) bond motifs is 1. The van der Waals surface area contributed by atoms with Gasteiger partial charge in [-0.25, -0.2) is 14.4 Å². The fraction of sp³-hybridized carbons (Fsp3) is 0.0769. The summed E-state index contributed by atoms with van der Waals surface area (Å²) in [7, 11) is 0. The van der Waals surface area contributed by atoms with Gasteiger partial charge >= 0.3 is 0 Å². The van der Waals surface area contributed by atoms with Crippen LogP contribution in [0, 0.1) is 5.82 Å². The molecule has 0 saturated heterocycles. The predicted octanol–water partition coefficient (Wildman–Crippen LogP) is 4.89. The fourth-order valence-corrected chi connectivity index (χ4v) is 3.65. The number of hydrogen-bond acceptors (Lipinski definition) is 7. The number of oxime groups is 1. The minimum absolute atomic E-state index is 0.264. The Morgan fingerprint density at radius 2 is 1.86 bits per heavy atom. The van der Waals surface area contributed by atoms with Crippen LogP contribution in [0.3, 0.4) is 0 Å². The molecule has 0 saturated carbocycles. The van der Waals surface area contributed by atoms with Crippen molar-refractivity contribution in [2.45, 2.75) is 13.2 Å². The lowest BCUT2D eigenvalue weighted by Gasteiger charge is -2.10. The molecule has 0 radical (unpaired) electrons. The number of benzene rings is 3. The Bertz CT molecular complexity index is 1480. The predicted molar refractivity (Wildman–Crippen MR) is 134 cm³/mol. The van der Waals surface area contributed by atoms with Crippen molar-refractivity contribution in [1.82, 2.24) is 19.7 Å². The number of anilines is 3.